The molecule has 0 bridgehead atoms. The summed E-state index contributed by atoms with van der Waals surface area (Å²) in [6, 6.07) is 16.3. The third kappa shape index (κ3) is 4.06. The summed E-state index contributed by atoms with van der Waals surface area (Å²) in [4.78, 5) is 10.1. The highest BCUT2D eigenvalue weighted by molar-refractivity contribution is 5.64. The van der Waals surface area contributed by atoms with E-state index in [1.165, 1.54) is 12.4 Å². The molecule has 0 spiro atoms. The topological polar surface area (TPSA) is 41.0 Å². The van der Waals surface area contributed by atoms with Crippen molar-refractivity contribution in [1.29, 1.82) is 0 Å². The minimum Gasteiger partial charge on any atom is -0.340 e. The van der Waals surface area contributed by atoms with Gasteiger partial charge < -0.3 is 10.2 Å². The minimum absolute atomic E-state index is 0.307. The van der Waals surface area contributed by atoms with Crippen LogP contribution in [0.4, 0.5) is 36.2 Å². The van der Waals surface area contributed by atoms with Crippen molar-refractivity contribution in [2.45, 2.75) is 6.18 Å². The van der Waals surface area contributed by atoms with E-state index in [1.54, 1.807) is 12.1 Å². The molecule has 1 aromatic heterocycles. The second-order valence-corrected chi connectivity index (χ2v) is 5.36. The van der Waals surface area contributed by atoms with Gasteiger partial charge in [0.2, 0.25) is 0 Å². The summed E-state index contributed by atoms with van der Waals surface area (Å²) in [7, 11) is 1.85. The standard InChI is InChI=1S/C18H15F3N4/c1-25(15-8-3-2-4-9-15)17-11-16(22-12-23-17)24-14-7-5-6-13(10-14)18(19,20)21/h2-12H,1H3,(H,22,23,24). The molecule has 2 aromatic carbocycles. The Kier molecular flexibility index (Phi) is 4.56. The van der Waals surface area contributed by atoms with E-state index in [0.29, 0.717) is 17.3 Å². The van der Waals surface area contributed by atoms with Crippen LogP contribution in [0.3, 0.4) is 0 Å². The maximum absolute atomic E-state index is 12.8. The molecule has 4 nitrogen and oxygen atoms in total. The molecular formula is C18H15F3N4. The van der Waals surface area contributed by atoms with Crippen LogP contribution in [-0.2, 0) is 6.18 Å². The minimum atomic E-state index is -4.39. The molecule has 0 aliphatic heterocycles. The predicted octanol–water partition coefficient (Wildman–Crippen LogP) is 5.01. The van der Waals surface area contributed by atoms with Gasteiger partial charge in [-0.3, -0.25) is 0 Å². The zero-order valence-electron chi connectivity index (χ0n) is 13.3. The first-order valence-electron chi connectivity index (χ1n) is 7.48. The maximum Gasteiger partial charge on any atom is 0.416 e. The van der Waals surface area contributed by atoms with Crippen LogP contribution in [-0.4, -0.2) is 17.0 Å². The van der Waals surface area contributed by atoms with E-state index >= 15 is 0 Å². The number of nitrogens with one attached hydrogen (secondary N) is 1. The van der Waals surface area contributed by atoms with Gasteiger partial charge in [0.15, 0.2) is 0 Å². The zero-order chi connectivity index (χ0) is 17.9. The average Bonchev–Trinajstić information content (AvgIpc) is 2.61. The summed E-state index contributed by atoms with van der Waals surface area (Å²) in [5.41, 5.74) is 0.529. The highest BCUT2D eigenvalue weighted by Gasteiger charge is 2.30. The molecule has 1 heterocycles. The Balaban J connectivity index is 1.83. The molecule has 128 valence electrons. The van der Waals surface area contributed by atoms with Crippen molar-refractivity contribution in [3.63, 3.8) is 0 Å². The number of anilines is 4. The molecule has 0 aliphatic carbocycles. The largest absolute Gasteiger partial charge is 0.416 e. The molecule has 0 saturated heterocycles. The van der Waals surface area contributed by atoms with Crippen LogP contribution in [0.15, 0.2) is 67.0 Å². The van der Waals surface area contributed by atoms with Crippen molar-refractivity contribution < 1.29 is 13.2 Å². The first-order chi connectivity index (χ1) is 11.9. The lowest BCUT2D eigenvalue weighted by atomic mass is 10.2. The van der Waals surface area contributed by atoms with E-state index < -0.39 is 11.7 Å². The van der Waals surface area contributed by atoms with Gasteiger partial charge in [-0.15, -0.1) is 0 Å². The molecule has 0 fully saturated rings. The Morgan fingerprint density at radius 1 is 0.920 bits per heavy atom. The molecule has 25 heavy (non-hydrogen) atoms. The van der Waals surface area contributed by atoms with Gasteiger partial charge in [0.05, 0.1) is 5.56 Å². The van der Waals surface area contributed by atoms with Gasteiger partial charge >= 0.3 is 6.18 Å². The third-order valence-corrected chi connectivity index (χ3v) is 3.60. The van der Waals surface area contributed by atoms with Crippen LogP contribution in [0.2, 0.25) is 0 Å². The van der Waals surface area contributed by atoms with Crippen LogP contribution >= 0.6 is 0 Å². The fourth-order valence-corrected chi connectivity index (χ4v) is 2.30. The first-order valence-corrected chi connectivity index (χ1v) is 7.48. The Morgan fingerprint density at radius 3 is 2.40 bits per heavy atom. The summed E-state index contributed by atoms with van der Waals surface area (Å²) in [5, 5.41) is 2.89. The van der Waals surface area contributed by atoms with Gasteiger partial charge in [0.1, 0.15) is 18.0 Å². The number of nitrogens with zero attached hydrogens (tertiary/aromatic N) is 3. The van der Waals surface area contributed by atoms with E-state index in [-0.39, 0.29) is 0 Å². The second kappa shape index (κ2) is 6.80. The lowest BCUT2D eigenvalue weighted by Crippen LogP contribution is -2.11. The monoisotopic (exact) mass is 344 g/mol. The van der Waals surface area contributed by atoms with Gasteiger partial charge in [-0.05, 0) is 30.3 Å². The summed E-state index contributed by atoms with van der Waals surface area (Å²) in [6.07, 6.45) is -3.02. The number of benzene rings is 2. The Bertz CT molecular complexity index is 850. The quantitative estimate of drug-likeness (QED) is 0.722. The van der Waals surface area contributed by atoms with E-state index in [4.69, 9.17) is 0 Å². The van der Waals surface area contributed by atoms with Gasteiger partial charge in [-0.25, -0.2) is 9.97 Å². The molecule has 0 radical (unpaired) electrons. The van der Waals surface area contributed by atoms with E-state index in [1.807, 2.05) is 42.3 Å². The van der Waals surface area contributed by atoms with E-state index in [2.05, 4.69) is 15.3 Å². The fraction of sp³-hybridized carbons (Fsp3) is 0.111. The molecule has 0 aliphatic rings. The molecule has 7 heteroatoms. The highest BCUT2D eigenvalue weighted by Crippen LogP contribution is 2.31. The SMILES string of the molecule is CN(c1ccccc1)c1cc(Nc2cccc(C(F)(F)F)c2)ncn1. The fourth-order valence-electron chi connectivity index (χ4n) is 2.30. The molecule has 0 amide bonds. The normalized spacial score (nSPS) is 11.2. The molecule has 0 saturated carbocycles. The molecule has 3 rings (SSSR count). The number of para-hydroxylation sites is 1. The number of aromatic nitrogens is 2. The number of alkyl halides is 3. The van der Waals surface area contributed by atoms with Gasteiger partial charge in [-0.2, -0.15) is 13.2 Å². The highest BCUT2D eigenvalue weighted by atomic mass is 19.4. The second-order valence-electron chi connectivity index (χ2n) is 5.36. The van der Waals surface area contributed by atoms with Crippen molar-refractivity contribution >= 4 is 23.0 Å². The third-order valence-electron chi connectivity index (χ3n) is 3.60. The molecule has 1 N–H and O–H groups in total. The lowest BCUT2D eigenvalue weighted by molar-refractivity contribution is -0.137. The predicted molar refractivity (Wildman–Crippen MR) is 91.3 cm³/mol. The van der Waals surface area contributed by atoms with Gasteiger partial charge in [0.25, 0.3) is 0 Å². The average molecular weight is 344 g/mol. The molecular weight excluding hydrogens is 329 g/mol. The Morgan fingerprint density at radius 2 is 1.68 bits per heavy atom. The van der Waals surface area contributed by atoms with E-state index in [9.17, 15) is 13.2 Å². The molecule has 0 atom stereocenters. The van der Waals surface area contributed by atoms with Gasteiger partial charge in [0, 0.05) is 24.5 Å². The van der Waals surface area contributed by atoms with Gasteiger partial charge in [-0.1, -0.05) is 24.3 Å². The summed E-state index contributed by atoms with van der Waals surface area (Å²) in [5.74, 6) is 1.03. The van der Waals surface area contributed by atoms with E-state index in [0.717, 1.165) is 17.8 Å². The van der Waals surface area contributed by atoms with Crippen molar-refractivity contribution in [3.05, 3.63) is 72.6 Å². The zero-order valence-corrected chi connectivity index (χ0v) is 13.3. The van der Waals surface area contributed by atoms with Crippen LogP contribution in [0, 0.1) is 0 Å². The number of hydrogen-bond donors (Lipinski definition) is 1. The number of hydrogen-bond acceptors (Lipinski definition) is 4. The Labute approximate surface area is 143 Å². The molecule has 3 aromatic rings. The summed E-state index contributed by atoms with van der Waals surface area (Å²) in [6.45, 7) is 0. The van der Waals surface area contributed by atoms with Crippen LogP contribution in [0.25, 0.3) is 0 Å². The van der Waals surface area contributed by atoms with Crippen molar-refractivity contribution in [3.8, 4) is 0 Å². The number of rotatable bonds is 4. The van der Waals surface area contributed by atoms with Crippen molar-refractivity contribution in [1.82, 2.24) is 9.97 Å². The maximum atomic E-state index is 12.8. The Hall–Kier alpha value is -3.09. The van der Waals surface area contributed by atoms with Crippen LogP contribution < -0.4 is 10.2 Å². The van der Waals surface area contributed by atoms with Crippen LogP contribution in [0.5, 0.6) is 0 Å². The van der Waals surface area contributed by atoms with Crippen molar-refractivity contribution in [2.75, 3.05) is 17.3 Å². The summed E-state index contributed by atoms with van der Waals surface area (Å²) >= 11 is 0. The lowest BCUT2D eigenvalue weighted by Gasteiger charge is -2.18. The molecule has 0 unspecified atom stereocenters. The van der Waals surface area contributed by atoms with Crippen molar-refractivity contribution in [2.24, 2.45) is 0 Å². The first kappa shape index (κ1) is 16.8. The van der Waals surface area contributed by atoms with Crippen LogP contribution in [0.1, 0.15) is 5.56 Å². The number of halogens is 3. The smallest absolute Gasteiger partial charge is 0.340 e. The summed E-state index contributed by atoms with van der Waals surface area (Å²) < 4.78 is 38.4.